The number of hydrogen-bond donors (Lipinski definition) is 2. The van der Waals surface area contributed by atoms with Gasteiger partial charge in [0.1, 0.15) is 6.33 Å². The first-order chi connectivity index (χ1) is 9.61. The van der Waals surface area contributed by atoms with Gasteiger partial charge in [-0.25, -0.2) is 4.68 Å². The first-order valence-corrected chi connectivity index (χ1v) is 6.68. The van der Waals surface area contributed by atoms with E-state index in [0.29, 0.717) is 16.5 Å². The van der Waals surface area contributed by atoms with E-state index in [1.165, 1.54) is 11.0 Å². The number of halogens is 1. The summed E-state index contributed by atoms with van der Waals surface area (Å²) in [4.78, 5) is 16.3. The Morgan fingerprint density at radius 1 is 1.45 bits per heavy atom. The van der Waals surface area contributed by atoms with Gasteiger partial charge < -0.3 is 5.32 Å². The largest absolute Gasteiger partial charge is 0.384 e. The molecule has 1 heterocycles. The number of nitrogens with one attached hydrogen (secondary N) is 2. The minimum absolute atomic E-state index is 0.276. The molecule has 1 aromatic carbocycles. The summed E-state index contributed by atoms with van der Waals surface area (Å²) in [6.07, 6.45) is 2.34. The van der Waals surface area contributed by atoms with E-state index in [9.17, 15) is 4.79 Å². The van der Waals surface area contributed by atoms with Gasteiger partial charge in [-0.2, -0.15) is 10.1 Å². The molecule has 0 fully saturated rings. The third-order valence-corrected chi connectivity index (χ3v) is 2.96. The van der Waals surface area contributed by atoms with Crippen LogP contribution < -0.4 is 10.6 Å². The van der Waals surface area contributed by atoms with Crippen LogP contribution in [0.2, 0.25) is 5.02 Å². The molecule has 0 bridgehead atoms. The highest BCUT2D eigenvalue weighted by atomic mass is 35.5. The fraction of sp³-hybridized carbons (Fsp3) is 0.308. The van der Waals surface area contributed by atoms with Gasteiger partial charge >= 0.3 is 0 Å². The average Bonchev–Trinajstić information content (AvgIpc) is 2.83. The van der Waals surface area contributed by atoms with E-state index in [2.05, 4.69) is 27.6 Å². The SMILES string of the molecule is CCCNc1ccc(Cl)cc1C(=O)Nc1ncnn1C. The fourth-order valence-electron chi connectivity index (χ4n) is 1.70. The highest BCUT2D eigenvalue weighted by Gasteiger charge is 2.14. The van der Waals surface area contributed by atoms with Crippen molar-refractivity contribution in [2.75, 3.05) is 17.2 Å². The van der Waals surface area contributed by atoms with E-state index >= 15 is 0 Å². The molecule has 1 aromatic heterocycles. The Morgan fingerprint density at radius 2 is 2.25 bits per heavy atom. The quantitative estimate of drug-likeness (QED) is 0.888. The molecule has 1 amide bonds. The van der Waals surface area contributed by atoms with Gasteiger partial charge in [-0.15, -0.1) is 0 Å². The number of benzene rings is 1. The molecule has 6 nitrogen and oxygen atoms in total. The molecule has 0 saturated heterocycles. The van der Waals surface area contributed by atoms with Gasteiger partial charge in [0, 0.05) is 24.3 Å². The van der Waals surface area contributed by atoms with Gasteiger partial charge in [0.05, 0.1) is 5.56 Å². The Balaban J connectivity index is 2.23. The van der Waals surface area contributed by atoms with Crippen LogP contribution in [0.25, 0.3) is 0 Å². The number of hydrogen-bond acceptors (Lipinski definition) is 4. The van der Waals surface area contributed by atoms with Crippen LogP contribution in [0.15, 0.2) is 24.5 Å². The normalized spacial score (nSPS) is 10.3. The van der Waals surface area contributed by atoms with Crippen LogP contribution in [0.1, 0.15) is 23.7 Å². The van der Waals surface area contributed by atoms with E-state index in [-0.39, 0.29) is 5.91 Å². The Hall–Kier alpha value is -2.08. The van der Waals surface area contributed by atoms with Gasteiger partial charge in [0.15, 0.2) is 0 Å². The van der Waals surface area contributed by atoms with Crippen molar-refractivity contribution in [3.05, 3.63) is 35.1 Å². The van der Waals surface area contributed by atoms with Crippen molar-refractivity contribution in [1.82, 2.24) is 14.8 Å². The lowest BCUT2D eigenvalue weighted by Crippen LogP contribution is -2.17. The summed E-state index contributed by atoms with van der Waals surface area (Å²) in [6.45, 7) is 2.84. The summed E-state index contributed by atoms with van der Waals surface area (Å²) in [5, 5.41) is 10.3. The molecule has 2 N–H and O–H groups in total. The van der Waals surface area contributed by atoms with Gasteiger partial charge in [-0.3, -0.25) is 10.1 Å². The number of nitrogens with zero attached hydrogens (tertiary/aromatic N) is 3. The maximum absolute atomic E-state index is 12.3. The van der Waals surface area contributed by atoms with Gasteiger partial charge in [-0.05, 0) is 24.6 Å². The number of rotatable bonds is 5. The van der Waals surface area contributed by atoms with Crippen molar-refractivity contribution < 1.29 is 4.79 Å². The number of carbonyl (C=O) groups excluding carboxylic acids is 1. The fourth-order valence-corrected chi connectivity index (χ4v) is 1.87. The smallest absolute Gasteiger partial charge is 0.260 e. The number of aryl methyl sites for hydroxylation is 1. The molecule has 20 heavy (non-hydrogen) atoms. The molecule has 106 valence electrons. The van der Waals surface area contributed by atoms with Gasteiger partial charge in [-0.1, -0.05) is 18.5 Å². The van der Waals surface area contributed by atoms with Crippen LogP contribution in [-0.4, -0.2) is 27.2 Å². The lowest BCUT2D eigenvalue weighted by Gasteiger charge is -2.11. The summed E-state index contributed by atoms with van der Waals surface area (Å²) in [5.41, 5.74) is 1.23. The molecule has 0 aliphatic rings. The molecule has 7 heteroatoms. The van der Waals surface area contributed by atoms with Crippen molar-refractivity contribution in [3.8, 4) is 0 Å². The highest BCUT2D eigenvalue weighted by molar-refractivity contribution is 6.31. The van der Waals surface area contributed by atoms with Crippen molar-refractivity contribution in [2.24, 2.45) is 7.05 Å². The van der Waals surface area contributed by atoms with Crippen LogP contribution in [0, 0.1) is 0 Å². The molecular weight excluding hydrogens is 278 g/mol. The second-order valence-electron chi connectivity index (χ2n) is 4.28. The van der Waals surface area contributed by atoms with Crippen molar-refractivity contribution in [2.45, 2.75) is 13.3 Å². The maximum atomic E-state index is 12.3. The monoisotopic (exact) mass is 293 g/mol. The molecule has 0 radical (unpaired) electrons. The predicted octanol–water partition coefficient (Wildman–Crippen LogP) is 2.54. The summed E-state index contributed by atoms with van der Waals surface area (Å²) in [5.74, 6) is 0.110. The number of aromatic nitrogens is 3. The zero-order chi connectivity index (χ0) is 14.5. The third-order valence-electron chi connectivity index (χ3n) is 2.73. The Morgan fingerprint density at radius 3 is 2.90 bits per heavy atom. The third kappa shape index (κ3) is 3.27. The molecule has 0 atom stereocenters. The Bertz CT molecular complexity index is 611. The van der Waals surface area contributed by atoms with Crippen molar-refractivity contribution >= 4 is 29.1 Å². The van der Waals surface area contributed by atoms with Crippen molar-refractivity contribution in [1.29, 1.82) is 0 Å². The lowest BCUT2D eigenvalue weighted by atomic mass is 10.1. The van der Waals surface area contributed by atoms with E-state index < -0.39 is 0 Å². The van der Waals surface area contributed by atoms with E-state index in [0.717, 1.165) is 18.7 Å². The molecule has 0 spiro atoms. The van der Waals surface area contributed by atoms with E-state index in [1.54, 1.807) is 25.2 Å². The first-order valence-electron chi connectivity index (χ1n) is 6.30. The van der Waals surface area contributed by atoms with E-state index in [4.69, 9.17) is 11.6 Å². The molecule has 2 rings (SSSR count). The number of carbonyl (C=O) groups is 1. The van der Waals surface area contributed by atoms with Gasteiger partial charge in [0.2, 0.25) is 5.95 Å². The van der Waals surface area contributed by atoms with Crippen LogP contribution in [-0.2, 0) is 7.05 Å². The summed E-state index contributed by atoms with van der Waals surface area (Å²) in [6, 6.07) is 5.17. The summed E-state index contributed by atoms with van der Waals surface area (Å²) in [7, 11) is 1.71. The summed E-state index contributed by atoms with van der Waals surface area (Å²) < 4.78 is 1.49. The lowest BCUT2D eigenvalue weighted by molar-refractivity contribution is 0.102. The zero-order valence-corrected chi connectivity index (χ0v) is 12.1. The molecule has 0 saturated carbocycles. The summed E-state index contributed by atoms with van der Waals surface area (Å²) >= 11 is 5.97. The maximum Gasteiger partial charge on any atom is 0.260 e. The molecule has 2 aromatic rings. The topological polar surface area (TPSA) is 71.8 Å². The molecule has 0 aliphatic heterocycles. The average molecular weight is 294 g/mol. The standard InChI is InChI=1S/C13H16ClN5O/c1-3-6-15-11-5-4-9(14)7-10(11)12(20)18-13-16-8-17-19(13)2/h4-5,7-8,15H,3,6H2,1-2H3,(H,16,17,18,20). The number of anilines is 2. The highest BCUT2D eigenvalue weighted by Crippen LogP contribution is 2.21. The Labute approximate surface area is 122 Å². The minimum Gasteiger partial charge on any atom is -0.384 e. The van der Waals surface area contributed by atoms with Crippen LogP contribution in [0.5, 0.6) is 0 Å². The molecule has 0 aliphatic carbocycles. The van der Waals surface area contributed by atoms with Crippen LogP contribution in [0.4, 0.5) is 11.6 Å². The minimum atomic E-state index is -0.276. The molecular formula is C13H16ClN5O. The zero-order valence-electron chi connectivity index (χ0n) is 11.4. The van der Waals surface area contributed by atoms with E-state index in [1.807, 2.05) is 0 Å². The van der Waals surface area contributed by atoms with Gasteiger partial charge in [0.25, 0.3) is 5.91 Å². The van der Waals surface area contributed by atoms with Crippen LogP contribution in [0.3, 0.4) is 0 Å². The second kappa shape index (κ2) is 6.38. The first kappa shape index (κ1) is 14.3. The number of amides is 1. The van der Waals surface area contributed by atoms with Crippen molar-refractivity contribution in [3.63, 3.8) is 0 Å². The molecule has 0 unspecified atom stereocenters. The predicted molar refractivity (Wildman–Crippen MR) is 79.2 cm³/mol. The Kier molecular flexibility index (Phi) is 4.57. The van der Waals surface area contributed by atoms with Crippen LogP contribution >= 0.6 is 11.6 Å². The second-order valence-corrected chi connectivity index (χ2v) is 4.71.